The summed E-state index contributed by atoms with van der Waals surface area (Å²) in [4.78, 5) is 13.8. The van der Waals surface area contributed by atoms with Crippen LogP contribution >= 0.6 is 0 Å². The Morgan fingerprint density at radius 3 is 2.67 bits per heavy atom. The van der Waals surface area contributed by atoms with Gasteiger partial charge in [0.1, 0.15) is 0 Å². The van der Waals surface area contributed by atoms with Gasteiger partial charge in [-0.15, -0.1) is 10.2 Å². The molecule has 0 bridgehead atoms. The first-order valence-corrected chi connectivity index (χ1v) is 7.33. The molecule has 2 aromatic rings. The van der Waals surface area contributed by atoms with Crippen LogP contribution in [-0.4, -0.2) is 33.9 Å². The Morgan fingerprint density at radius 1 is 1.33 bits per heavy atom. The lowest BCUT2D eigenvalue weighted by molar-refractivity contribution is 0.0690. The smallest absolute Gasteiger partial charge is 0.358 e. The Morgan fingerprint density at radius 2 is 2.05 bits per heavy atom. The van der Waals surface area contributed by atoms with E-state index in [-0.39, 0.29) is 5.69 Å². The molecule has 0 spiro atoms. The Kier molecular flexibility index (Phi) is 3.49. The summed E-state index contributed by atoms with van der Waals surface area (Å²) in [5.41, 5.74) is 1.53. The normalized spacial score (nSPS) is 14.6. The average molecular weight is 285 g/mol. The Hall–Kier alpha value is -2.17. The van der Waals surface area contributed by atoms with Crippen LogP contribution in [0.25, 0.3) is 10.9 Å². The van der Waals surface area contributed by atoms with Gasteiger partial charge in [-0.25, -0.2) is 4.79 Å². The first-order valence-electron chi connectivity index (χ1n) is 7.33. The zero-order valence-corrected chi connectivity index (χ0v) is 12.3. The van der Waals surface area contributed by atoms with Gasteiger partial charge in [-0.1, -0.05) is 32.0 Å². The predicted octanol–water partition coefficient (Wildman–Crippen LogP) is 2.95. The van der Waals surface area contributed by atoms with Crippen LogP contribution in [0.3, 0.4) is 0 Å². The van der Waals surface area contributed by atoms with Crippen molar-refractivity contribution in [2.75, 3.05) is 11.4 Å². The minimum absolute atomic E-state index is 0.0567. The van der Waals surface area contributed by atoms with Crippen LogP contribution in [0.2, 0.25) is 0 Å². The highest BCUT2D eigenvalue weighted by atomic mass is 16.4. The molecule has 21 heavy (non-hydrogen) atoms. The maximum Gasteiger partial charge on any atom is 0.358 e. The summed E-state index contributed by atoms with van der Waals surface area (Å²) < 4.78 is 0. The van der Waals surface area contributed by atoms with E-state index in [0.29, 0.717) is 12.0 Å². The molecule has 110 valence electrons. The van der Waals surface area contributed by atoms with Crippen molar-refractivity contribution in [2.45, 2.75) is 32.7 Å². The van der Waals surface area contributed by atoms with Gasteiger partial charge in [0.15, 0.2) is 5.69 Å². The van der Waals surface area contributed by atoms with Crippen molar-refractivity contribution < 1.29 is 9.90 Å². The fourth-order valence-corrected chi connectivity index (χ4v) is 2.68. The zero-order chi connectivity index (χ0) is 15.0. The molecule has 5 heteroatoms. The van der Waals surface area contributed by atoms with Crippen LogP contribution in [0.15, 0.2) is 24.3 Å². The molecule has 1 fully saturated rings. The maximum atomic E-state index is 11.6. The molecule has 0 atom stereocenters. The summed E-state index contributed by atoms with van der Waals surface area (Å²) in [6.07, 6.45) is 2.23. The molecular formula is C16H19N3O2. The van der Waals surface area contributed by atoms with Crippen molar-refractivity contribution in [1.29, 1.82) is 0 Å². The number of nitrogens with zero attached hydrogens (tertiary/aromatic N) is 3. The van der Waals surface area contributed by atoms with Crippen LogP contribution in [0.5, 0.6) is 0 Å². The van der Waals surface area contributed by atoms with Crippen molar-refractivity contribution >= 4 is 22.6 Å². The van der Waals surface area contributed by atoms with E-state index in [1.54, 1.807) is 0 Å². The van der Waals surface area contributed by atoms with Gasteiger partial charge in [-0.3, -0.25) is 0 Å². The monoisotopic (exact) mass is 285 g/mol. The molecule has 1 N–H and O–H groups in total. The number of hydrogen-bond acceptors (Lipinski definition) is 4. The summed E-state index contributed by atoms with van der Waals surface area (Å²) >= 11 is 0. The average Bonchev–Trinajstić information content (AvgIpc) is 3.28. The second kappa shape index (κ2) is 5.31. The number of benzene rings is 1. The van der Waals surface area contributed by atoms with Crippen LogP contribution in [0.1, 0.15) is 37.2 Å². The first kappa shape index (κ1) is 13.8. The minimum Gasteiger partial charge on any atom is -0.476 e. The summed E-state index contributed by atoms with van der Waals surface area (Å²) in [7, 11) is 0. The Balaban J connectivity index is 2.21. The quantitative estimate of drug-likeness (QED) is 0.915. The van der Waals surface area contributed by atoms with E-state index in [1.165, 1.54) is 0 Å². The number of aromatic nitrogens is 2. The van der Waals surface area contributed by atoms with Crippen LogP contribution in [-0.2, 0) is 0 Å². The van der Waals surface area contributed by atoms with Gasteiger partial charge in [0.05, 0.1) is 11.2 Å². The third kappa shape index (κ3) is 2.68. The zero-order valence-electron chi connectivity index (χ0n) is 12.3. The van der Waals surface area contributed by atoms with E-state index in [0.717, 1.165) is 36.0 Å². The van der Waals surface area contributed by atoms with E-state index >= 15 is 0 Å². The lowest BCUT2D eigenvalue weighted by atomic mass is 10.1. The van der Waals surface area contributed by atoms with E-state index < -0.39 is 5.97 Å². The Bertz CT molecular complexity index is 680. The lowest BCUT2D eigenvalue weighted by Gasteiger charge is -2.28. The molecule has 0 saturated heterocycles. The molecule has 1 aromatic heterocycles. The summed E-state index contributed by atoms with van der Waals surface area (Å²) in [6, 6.07) is 8.04. The third-order valence-corrected chi connectivity index (χ3v) is 3.68. The van der Waals surface area contributed by atoms with Crippen molar-refractivity contribution in [2.24, 2.45) is 5.92 Å². The second-order valence-electron chi connectivity index (χ2n) is 6.00. The van der Waals surface area contributed by atoms with Crippen molar-refractivity contribution in [3.63, 3.8) is 0 Å². The summed E-state index contributed by atoms with van der Waals surface area (Å²) in [6.45, 7) is 5.12. The molecule has 3 rings (SSSR count). The van der Waals surface area contributed by atoms with Crippen molar-refractivity contribution in [3.05, 3.63) is 30.0 Å². The molecular weight excluding hydrogens is 266 g/mol. The van der Waals surface area contributed by atoms with Gasteiger partial charge >= 0.3 is 5.97 Å². The molecule has 1 aliphatic carbocycles. The van der Waals surface area contributed by atoms with Gasteiger partial charge < -0.3 is 10.0 Å². The Labute approximate surface area is 123 Å². The molecule has 0 aliphatic heterocycles. The molecule has 0 radical (unpaired) electrons. The van der Waals surface area contributed by atoms with E-state index in [9.17, 15) is 9.90 Å². The van der Waals surface area contributed by atoms with Gasteiger partial charge in [-0.05, 0) is 24.8 Å². The molecule has 0 unspecified atom stereocenters. The molecule has 1 aliphatic rings. The topological polar surface area (TPSA) is 66.3 Å². The van der Waals surface area contributed by atoms with Crippen molar-refractivity contribution in [1.82, 2.24) is 10.2 Å². The number of anilines is 1. The number of fused-ring (bicyclic) bond motifs is 1. The van der Waals surface area contributed by atoms with Gasteiger partial charge in [0.25, 0.3) is 0 Å². The number of carboxylic acid groups (broad SMARTS) is 1. The number of rotatable bonds is 5. The van der Waals surface area contributed by atoms with E-state index in [1.807, 2.05) is 24.3 Å². The van der Waals surface area contributed by atoms with Gasteiger partial charge in [0.2, 0.25) is 0 Å². The first-order chi connectivity index (χ1) is 10.1. The molecule has 1 saturated carbocycles. The highest BCUT2D eigenvalue weighted by Crippen LogP contribution is 2.37. The van der Waals surface area contributed by atoms with E-state index in [2.05, 4.69) is 28.9 Å². The highest BCUT2D eigenvalue weighted by Gasteiger charge is 2.33. The molecule has 1 heterocycles. The number of carbonyl (C=O) groups is 1. The van der Waals surface area contributed by atoms with Crippen LogP contribution in [0.4, 0.5) is 5.69 Å². The molecule has 0 amide bonds. The SMILES string of the molecule is CC(C)CN(c1c(C(=O)O)nnc2ccccc12)C1CC1. The number of aromatic carboxylic acids is 1. The fourth-order valence-electron chi connectivity index (χ4n) is 2.68. The molecule has 1 aromatic carbocycles. The lowest BCUT2D eigenvalue weighted by Crippen LogP contribution is -2.32. The predicted molar refractivity (Wildman–Crippen MR) is 81.7 cm³/mol. The van der Waals surface area contributed by atoms with Crippen LogP contribution < -0.4 is 4.90 Å². The largest absolute Gasteiger partial charge is 0.476 e. The second-order valence-corrected chi connectivity index (χ2v) is 6.00. The minimum atomic E-state index is -1.02. The number of carboxylic acids is 1. The van der Waals surface area contributed by atoms with Gasteiger partial charge in [0, 0.05) is 18.0 Å². The fraction of sp³-hybridized carbons (Fsp3) is 0.438. The number of hydrogen-bond donors (Lipinski definition) is 1. The standard InChI is InChI=1S/C16H19N3O2/c1-10(2)9-19(11-7-8-11)15-12-5-3-4-6-13(12)17-18-14(15)16(20)21/h3-6,10-11H,7-9H2,1-2H3,(H,20,21). The van der Waals surface area contributed by atoms with E-state index in [4.69, 9.17) is 0 Å². The highest BCUT2D eigenvalue weighted by molar-refractivity contribution is 6.03. The van der Waals surface area contributed by atoms with Gasteiger partial charge in [-0.2, -0.15) is 0 Å². The molecule has 5 nitrogen and oxygen atoms in total. The summed E-state index contributed by atoms with van der Waals surface area (Å²) in [5.74, 6) is -0.558. The van der Waals surface area contributed by atoms with Crippen LogP contribution in [0, 0.1) is 5.92 Å². The maximum absolute atomic E-state index is 11.6. The third-order valence-electron chi connectivity index (χ3n) is 3.68. The summed E-state index contributed by atoms with van der Waals surface area (Å²) in [5, 5.41) is 18.4. The van der Waals surface area contributed by atoms with Crippen molar-refractivity contribution in [3.8, 4) is 0 Å².